The minimum atomic E-state index is 0.194. The Morgan fingerprint density at radius 1 is 1.18 bits per heavy atom. The van der Waals surface area contributed by atoms with E-state index in [9.17, 15) is 0 Å². The number of hydrogen-bond donors (Lipinski definition) is 1. The van der Waals surface area contributed by atoms with Gasteiger partial charge in [0.05, 0.1) is 0 Å². The topological polar surface area (TPSA) is 15.3 Å². The minimum absolute atomic E-state index is 0.194. The number of halogens is 2. The van der Waals surface area contributed by atoms with Crippen molar-refractivity contribution in [2.75, 3.05) is 13.1 Å². The van der Waals surface area contributed by atoms with E-state index in [1.807, 2.05) is 18.2 Å². The van der Waals surface area contributed by atoms with E-state index < -0.39 is 0 Å². The Morgan fingerprint density at radius 2 is 1.88 bits per heavy atom. The predicted octanol–water partition coefficient (Wildman–Crippen LogP) is 4.04. The van der Waals surface area contributed by atoms with Gasteiger partial charge in [-0.2, -0.15) is 0 Å². The van der Waals surface area contributed by atoms with Crippen LogP contribution in [0.1, 0.15) is 37.8 Å². The lowest BCUT2D eigenvalue weighted by molar-refractivity contribution is 0.133. The maximum Gasteiger partial charge on any atom is 0.0455 e. The van der Waals surface area contributed by atoms with Crippen molar-refractivity contribution in [1.82, 2.24) is 10.4 Å². The van der Waals surface area contributed by atoms with Crippen LogP contribution in [0.4, 0.5) is 0 Å². The summed E-state index contributed by atoms with van der Waals surface area (Å²) in [5, 5.41) is 3.79. The van der Waals surface area contributed by atoms with E-state index in [1.54, 1.807) is 0 Å². The van der Waals surface area contributed by atoms with E-state index in [0.29, 0.717) is 0 Å². The second kappa shape index (κ2) is 6.05. The summed E-state index contributed by atoms with van der Waals surface area (Å²) in [7, 11) is 0. The number of benzene rings is 1. The summed E-state index contributed by atoms with van der Waals surface area (Å²) < 4.78 is 0. The molecule has 1 heterocycles. The third-order valence-corrected chi connectivity index (χ3v) is 3.74. The number of hydrogen-bond acceptors (Lipinski definition) is 2. The van der Waals surface area contributed by atoms with Crippen molar-refractivity contribution in [2.45, 2.75) is 32.2 Å². The Labute approximate surface area is 113 Å². The van der Waals surface area contributed by atoms with Crippen molar-refractivity contribution in [3.8, 4) is 0 Å². The maximum absolute atomic E-state index is 6.19. The zero-order valence-corrected chi connectivity index (χ0v) is 11.6. The van der Waals surface area contributed by atoms with Crippen LogP contribution in [0.3, 0.4) is 0 Å². The van der Waals surface area contributed by atoms with Crippen LogP contribution in [0.15, 0.2) is 18.2 Å². The SMILES string of the molecule is CC(NN1CCCCC1)c1cc(Cl)ccc1Cl. The van der Waals surface area contributed by atoms with Crippen LogP contribution in [0.2, 0.25) is 10.0 Å². The molecule has 4 heteroatoms. The average molecular weight is 273 g/mol. The molecule has 2 rings (SSSR count). The minimum Gasteiger partial charge on any atom is -0.248 e. The van der Waals surface area contributed by atoms with Crippen LogP contribution < -0.4 is 5.43 Å². The van der Waals surface area contributed by atoms with Crippen molar-refractivity contribution in [3.05, 3.63) is 33.8 Å². The summed E-state index contributed by atoms with van der Waals surface area (Å²) in [4.78, 5) is 0. The summed E-state index contributed by atoms with van der Waals surface area (Å²) in [6.45, 7) is 4.34. The van der Waals surface area contributed by atoms with Crippen molar-refractivity contribution < 1.29 is 0 Å². The number of piperidine rings is 1. The third kappa shape index (κ3) is 3.59. The fourth-order valence-electron chi connectivity index (χ4n) is 2.21. The smallest absolute Gasteiger partial charge is 0.0455 e. The molecule has 0 aromatic heterocycles. The quantitative estimate of drug-likeness (QED) is 0.894. The number of rotatable bonds is 3. The molecule has 1 atom stereocenters. The lowest BCUT2D eigenvalue weighted by Gasteiger charge is -2.30. The summed E-state index contributed by atoms with van der Waals surface area (Å²) in [6, 6.07) is 5.81. The van der Waals surface area contributed by atoms with E-state index in [-0.39, 0.29) is 6.04 Å². The molecule has 17 heavy (non-hydrogen) atoms. The molecule has 0 saturated carbocycles. The highest BCUT2D eigenvalue weighted by Gasteiger charge is 2.15. The van der Waals surface area contributed by atoms with Gasteiger partial charge in [0.15, 0.2) is 0 Å². The first kappa shape index (κ1) is 13.2. The van der Waals surface area contributed by atoms with Gasteiger partial charge in [-0.1, -0.05) is 29.6 Å². The molecule has 1 unspecified atom stereocenters. The van der Waals surface area contributed by atoms with Gasteiger partial charge >= 0.3 is 0 Å². The molecule has 2 nitrogen and oxygen atoms in total. The van der Waals surface area contributed by atoms with Crippen LogP contribution in [-0.4, -0.2) is 18.1 Å². The second-order valence-electron chi connectivity index (χ2n) is 4.56. The van der Waals surface area contributed by atoms with Gasteiger partial charge in [0.25, 0.3) is 0 Å². The zero-order chi connectivity index (χ0) is 12.3. The van der Waals surface area contributed by atoms with Gasteiger partial charge in [-0.15, -0.1) is 0 Å². The molecule has 0 bridgehead atoms. The predicted molar refractivity (Wildman–Crippen MR) is 73.4 cm³/mol. The molecule has 0 aliphatic carbocycles. The van der Waals surface area contributed by atoms with E-state index >= 15 is 0 Å². The molecule has 0 amide bonds. The van der Waals surface area contributed by atoms with Crippen LogP contribution in [0, 0.1) is 0 Å². The van der Waals surface area contributed by atoms with Crippen molar-refractivity contribution >= 4 is 23.2 Å². The van der Waals surface area contributed by atoms with E-state index in [2.05, 4.69) is 17.4 Å². The Hall–Kier alpha value is -0.280. The summed E-state index contributed by atoms with van der Waals surface area (Å²) in [6.07, 6.45) is 3.87. The highest BCUT2D eigenvalue weighted by atomic mass is 35.5. The summed E-state index contributed by atoms with van der Waals surface area (Å²) in [5.74, 6) is 0. The first-order chi connectivity index (χ1) is 8.16. The molecule has 94 valence electrons. The fourth-order valence-corrected chi connectivity index (χ4v) is 2.67. The van der Waals surface area contributed by atoms with Gasteiger partial charge in [-0.3, -0.25) is 0 Å². The van der Waals surface area contributed by atoms with Crippen molar-refractivity contribution in [2.24, 2.45) is 0 Å². The molecular weight excluding hydrogens is 255 g/mol. The molecule has 1 N–H and O–H groups in total. The number of hydrazine groups is 1. The normalized spacial score (nSPS) is 19.2. The van der Waals surface area contributed by atoms with E-state index in [1.165, 1.54) is 19.3 Å². The van der Waals surface area contributed by atoms with Gasteiger partial charge < -0.3 is 0 Å². The Bertz CT molecular complexity index is 376. The fraction of sp³-hybridized carbons (Fsp3) is 0.538. The molecule has 1 aromatic rings. The highest BCUT2D eigenvalue weighted by Crippen LogP contribution is 2.26. The van der Waals surface area contributed by atoms with Gasteiger partial charge in [0.1, 0.15) is 0 Å². The zero-order valence-electron chi connectivity index (χ0n) is 10.0. The summed E-state index contributed by atoms with van der Waals surface area (Å²) in [5.41, 5.74) is 4.55. The van der Waals surface area contributed by atoms with Gasteiger partial charge in [-0.25, -0.2) is 10.4 Å². The largest absolute Gasteiger partial charge is 0.248 e. The Morgan fingerprint density at radius 3 is 2.59 bits per heavy atom. The molecule has 1 aliphatic heterocycles. The molecule has 1 aliphatic rings. The monoisotopic (exact) mass is 272 g/mol. The van der Waals surface area contributed by atoms with E-state index in [4.69, 9.17) is 23.2 Å². The number of nitrogens with zero attached hydrogens (tertiary/aromatic N) is 1. The van der Waals surface area contributed by atoms with Crippen LogP contribution in [0.25, 0.3) is 0 Å². The highest BCUT2D eigenvalue weighted by molar-refractivity contribution is 6.33. The van der Waals surface area contributed by atoms with Crippen molar-refractivity contribution in [3.63, 3.8) is 0 Å². The molecular formula is C13H18Cl2N2. The second-order valence-corrected chi connectivity index (χ2v) is 5.41. The molecule has 0 radical (unpaired) electrons. The standard InChI is InChI=1S/C13H18Cl2N2/c1-10(16-17-7-3-2-4-8-17)12-9-11(14)5-6-13(12)15/h5-6,9-10,16H,2-4,7-8H2,1H3. The molecule has 1 saturated heterocycles. The maximum atomic E-state index is 6.19. The third-order valence-electron chi connectivity index (χ3n) is 3.16. The molecule has 1 aromatic carbocycles. The van der Waals surface area contributed by atoms with Gasteiger partial charge in [-0.05, 0) is 43.5 Å². The van der Waals surface area contributed by atoms with Crippen LogP contribution in [0.5, 0.6) is 0 Å². The van der Waals surface area contributed by atoms with Gasteiger partial charge in [0, 0.05) is 29.2 Å². The first-order valence-corrected chi connectivity index (χ1v) is 6.88. The van der Waals surface area contributed by atoms with E-state index in [0.717, 1.165) is 28.7 Å². The summed E-state index contributed by atoms with van der Waals surface area (Å²) >= 11 is 12.2. The lowest BCUT2D eigenvalue weighted by Crippen LogP contribution is -2.42. The first-order valence-electron chi connectivity index (χ1n) is 6.13. The molecule has 1 fully saturated rings. The Kier molecular flexibility index (Phi) is 4.69. The number of nitrogens with one attached hydrogen (secondary N) is 1. The van der Waals surface area contributed by atoms with Crippen molar-refractivity contribution in [1.29, 1.82) is 0 Å². The van der Waals surface area contributed by atoms with Gasteiger partial charge in [0.2, 0.25) is 0 Å². The molecule has 0 spiro atoms. The average Bonchev–Trinajstić information content (AvgIpc) is 2.33. The van der Waals surface area contributed by atoms with Crippen LogP contribution >= 0.6 is 23.2 Å². The Balaban J connectivity index is 2.02. The van der Waals surface area contributed by atoms with Crippen LogP contribution in [-0.2, 0) is 0 Å². The lowest BCUT2D eigenvalue weighted by atomic mass is 10.1.